The topological polar surface area (TPSA) is 90.7 Å². The molecular formula is C16H37NO4. The van der Waals surface area contributed by atoms with Gasteiger partial charge < -0.3 is 25.3 Å². The first-order chi connectivity index (χ1) is 9.42. The van der Waals surface area contributed by atoms with Gasteiger partial charge in [0.25, 0.3) is 0 Å². The van der Waals surface area contributed by atoms with Crippen molar-refractivity contribution in [2.75, 3.05) is 26.2 Å². The Morgan fingerprint density at radius 1 is 0.714 bits per heavy atom. The van der Waals surface area contributed by atoms with Crippen LogP contribution in [0, 0.1) is 0 Å². The van der Waals surface area contributed by atoms with Crippen molar-refractivity contribution >= 4 is 0 Å². The zero-order valence-corrected chi connectivity index (χ0v) is 14.3. The predicted octanol–water partition coefficient (Wildman–Crippen LogP) is 1.74. The summed E-state index contributed by atoms with van der Waals surface area (Å²) in [4.78, 5) is 0. The predicted molar refractivity (Wildman–Crippen MR) is 85.5 cm³/mol. The minimum atomic E-state index is -0.361. The fraction of sp³-hybridized carbons (Fsp3) is 1.00. The molecule has 4 N–H and O–H groups in total. The number of hydrogen-bond donors (Lipinski definition) is 3. The van der Waals surface area contributed by atoms with Crippen molar-refractivity contribution in [3.63, 3.8) is 0 Å². The van der Waals surface area contributed by atoms with Crippen LogP contribution in [-0.2, 0) is 0 Å². The minimum Gasteiger partial charge on any atom is -0.870 e. The molecule has 0 saturated heterocycles. The van der Waals surface area contributed by atoms with E-state index in [1.165, 1.54) is 0 Å². The third-order valence-electron chi connectivity index (χ3n) is 4.19. The van der Waals surface area contributed by atoms with Crippen LogP contribution in [0.1, 0.15) is 59.8 Å². The average Bonchev–Trinajstić information content (AvgIpc) is 2.44. The molecule has 130 valence electrons. The molecule has 0 spiro atoms. The highest BCUT2D eigenvalue weighted by Gasteiger charge is 2.33. The molecule has 3 atom stereocenters. The van der Waals surface area contributed by atoms with Crippen molar-refractivity contribution in [1.82, 2.24) is 0 Å². The van der Waals surface area contributed by atoms with Gasteiger partial charge in [-0.2, -0.15) is 0 Å². The molecular weight excluding hydrogens is 270 g/mol. The van der Waals surface area contributed by atoms with Gasteiger partial charge in [-0.15, -0.1) is 0 Å². The molecule has 0 bridgehead atoms. The van der Waals surface area contributed by atoms with Crippen LogP contribution in [0.4, 0.5) is 0 Å². The highest BCUT2D eigenvalue weighted by molar-refractivity contribution is 4.62. The van der Waals surface area contributed by atoms with E-state index in [9.17, 15) is 15.3 Å². The van der Waals surface area contributed by atoms with Crippen LogP contribution >= 0.6 is 0 Å². The summed E-state index contributed by atoms with van der Waals surface area (Å²) in [5.41, 5.74) is 0. The second-order valence-electron chi connectivity index (χ2n) is 6.15. The largest absolute Gasteiger partial charge is 0.870 e. The summed E-state index contributed by atoms with van der Waals surface area (Å²) >= 11 is 0. The lowest BCUT2D eigenvalue weighted by atomic mass is 10.1. The standard InChI is InChI=1S/C16H36NO3.H2O/c1-5-9-10-17(11-14(18)6-2,12-15(19)7-3)13-16(20)8-4;/h14-16,18-20H,5-13H2,1-4H3;1H2/q+1;/p-1. The molecule has 21 heavy (non-hydrogen) atoms. The summed E-state index contributed by atoms with van der Waals surface area (Å²) in [5, 5.41) is 30.3. The minimum absolute atomic E-state index is 0. The zero-order valence-electron chi connectivity index (χ0n) is 14.3. The lowest BCUT2D eigenvalue weighted by Crippen LogP contribution is -2.59. The van der Waals surface area contributed by atoms with Crippen LogP contribution in [0.2, 0.25) is 0 Å². The monoisotopic (exact) mass is 307 g/mol. The van der Waals surface area contributed by atoms with E-state index in [0.717, 1.165) is 38.6 Å². The highest BCUT2D eigenvalue weighted by Crippen LogP contribution is 2.17. The maximum Gasteiger partial charge on any atom is 0.105 e. The fourth-order valence-corrected chi connectivity index (χ4v) is 2.72. The van der Waals surface area contributed by atoms with Gasteiger partial charge in [0, 0.05) is 0 Å². The Hall–Kier alpha value is -0.200. The Morgan fingerprint density at radius 2 is 1.05 bits per heavy atom. The van der Waals surface area contributed by atoms with Crippen molar-refractivity contribution in [3.8, 4) is 0 Å². The third-order valence-corrected chi connectivity index (χ3v) is 4.19. The van der Waals surface area contributed by atoms with Gasteiger partial charge in [0.15, 0.2) is 0 Å². The molecule has 0 saturated carbocycles. The summed E-state index contributed by atoms with van der Waals surface area (Å²) in [6.45, 7) is 10.9. The van der Waals surface area contributed by atoms with Crippen molar-refractivity contribution in [3.05, 3.63) is 0 Å². The van der Waals surface area contributed by atoms with Gasteiger partial charge in [-0.25, -0.2) is 0 Å². The van der Waals surface area contributed by atoms with E-state index in [0.29, 0.717) is 24.1 Å². The SMILES string of the molecule is CCCC[N+](CC(O)CC)(CC(O)CC)CC(O)CC.[OH-]. The maximum atomic E-state index is 10.1. The van der Waals surface area contributed by atoms with E-state index in [1.54, 1.807) is 0 Å². The first kappa shape index (κ1) is 23.1. The van der Waals surface area contributed by atoms with E-state index in [2.05, 4.69) is 6.92 Å². The van der Waals surface area contributed by atoms with Crippen LogP contribution in [-0.4, -0.2) is 69.8 Å². The Morgan fingerprint density at radius 3 is 1.29 bits per heavy atom. The van der Waals surface area contributed by atoms with E-state index < -0.39 is 0 Å². The van der Waals surface area contributed by atoms with Crippen LogP contribution in [0.25, 0.3) is 0 Å². The van der Waals surface area contributed by atoms with E-state index >= 15 is 0 Å². The number of rotatable bonds is 12. The molecule has 0 aromatic carbocycles. The van der Waals surface area contributed by atoms with Crippen LogP contribution in [0.15, 0.2) is 0 Å². The molecule has 0 aliphatic rings. The van der Waals surface area contributed by atoms with Gasteiger partial charge in [-0.3, -0.25) is 0 Å². The summed E-state index contributed by atoms with van der Waals surface area (Å²) in [6.07, 6.45) is 3.22. The molecule has 0 aromatic rings. The van der Waals surface area contributed by atoms with Gasteiger partial charge in [-0.1, -0.05) is 34.1 Å². The number of nitrogens with zero attached hydrogens (tertiary/aromatic N) is 1. The maximum absolute atomic E-state index is 10.1. The molecule has 3 unspecified atom stereocenters. The molecule has 0 fully saturated rings. The van der Waals surface area contributed by atoms with Gasteiger partial charge in [-0.05, 0) is 25.7 Å². The Bertz CT molecular complexity index is 207. The van der Waals surface area contributed by atoms with E-state index in [4.69, 9.17) is 0 Å². The van der Waals surface area contributed by atoms with Crippen LogP contribution in [0.5, 0.6) is 0 Å². The normalized spacial score (nSPS) is 18.4. The van der Waals surface area contributed by atoms with E-state index in [-0.39, 0.29) is 23.8 Å². The van der Waals surface area contributed by atoms with Gasteiger partial charge in [0.1, 0.15) is 37.9 Å². The third kappa shape index (κ3) is 9.42. The molecule has 5 nitrogen and oxygen atoms in total. The summed E-state index contributed by atoms with van der Waals surface area (Å²) < 4.78 is 0.632. The average molecular weight is 307 g/mol. The molecule has 0 aliphatic heterocycles. The smallest absolute Gasteiger partial charge is 0.105 e. The number of aliphatic hydroxyl groups excluding tert-OH is 3. The first-order valence-corrected chi connectivity index (χ1v) is 8.32. The Kier molecular flexibility index (Phi) is 13.6. The molecule has 0 aromatic heterocycles. The van der Waals surface area contributed by atoms with Crippen molar-refractivity contribution in [2.24, 2.45) is 0 Å². The number of aliphatic hydroxyl groups is 3. The zero-order chi connectivity index (χ0) is 15.6. The van der Waals surface area contributed by atoms with E-state index in [1.807, 2.05) is 20.8 Å². The Balaban J connectivity index is 0. The number of quaternary nitrogens is 1. The van der Waals surface area contributed by atoms with Crippen molar-refractivity contribution in [1.29, 1.82) is 0 Å². The molecule has 0 amide bonds. The molecule has 0 heterocycles. The summed E-state index contributed by atoms with van der Waals surface area (Å²) in [6, 6.07) is 0. The molecule has 0 aliphatic carbocycles. The molecule has 5 heteroatoms. The second-order valence-corrected chi connectivity index (χ2v) is 6.15. The molecule has 0 radical (unpaired) electrons. The number of hydrogen-bond acceptors (Lipinski definition) is 4. The van der Waals surface area contributed by atoms with Gasteiger partial charge in [0.2, 0.25) is 0 Å². The molecule has 0 rings (SSSR count). The highest BCUT2D eigenvalue weighted by atomic mass is 16.3. The lowest BCUT2D eigenvalue weighted by molar-refractivity contribution is -0.936. The van der Waals surface area contributed by atoms with Crippen LogP contribution in [0.3, 0.4) is 0 Å². The Labute approximate surface area is 130 Å². The summed E-state index contributed by atoms with van der Waals surface area (Å²) in [7, 11) is 0. The van der Waals surface area contributed by atoms with Crippen molar-refractivity contribution in [2.45, 2.75) is 78.1 Å². The fourth-order valence-electron chi connectivity index (χ4n) is 2.72. The second kappa shape index (κ2) is 12.4. The van der Waals surface area contributed by atoms with Crippen molar-refractivity contribution < 1.29 is 25.3 Å². The quantitative estimate of drug-likeness (QED) is 0.479. The first-order valence-electron chi connectivity index (χ1n) is 8.32. The number of unbranched alkanes of at least 4 members (excludes halogenated alkanes) is 1. The lowest BCUT2D eigenvalue weighted by Gasteiger charge is -2.42. The van der Waals surface area contributed by atoms with Gasteiger partial charge in [0.05, 0.1) is 6.54 Å². The summed E-state index contributed by atoms with van der Waals surface area (Å²) in [5.74, 6) is 0. The van der Waals surface area contributed by atoms with Crippen LogP contribution < -0.4 is 0 Å². The van der Waals surface area contributed by atoms with Gasteiger partial charge >= 0.3 is 0 Å².